The summed E-state index contributed by atoms with van der Waals surface area (Å²) < 4.78 is 37.9. The van der Waals surface area contributed by atoms with Crippen molar-refractivity contribution < 1.29 is 27.9 Å². The lowest BCUT2D eigenvalue weighted by molar-refractivity contribution is -0.138. The second-order valence-electron chi connectivity index (χ2n) is 5.48. The normalized spacial score (nSPS) is 15.9. The molecule has 1 aliphatic heterocycles. The standard InChI is InChI=1S/C18H12F3NO3S/c19-18(20,21)12-7-5-11(6-8-12)9-15-17(25)22(10-16(23)24)13-3-1-2-4-14(13)26-15/h1-9H,10H2,(H,23,24)/b15-9+. The molecule has 0 unspecified atom stereocenters. The van der Waals surface area contributed by atoms with Gasteiger partial charge >= 0.3 is 12.1 Å². The Hall–Kier alpha value is -2.74. The van der Waals surface area contributed by atoms with Crippen LogP contribution < -0.4 is 4.90 Å². The van der Waals surface area contributed by atoms with Crippen LogP contribution in [0.5, 0.6) is 0 Å². The van der Waals surface area contributed by atoms with Crippen molar-refractivity contribution >= 4 is 35.4 Å². The first-order valence-corrected chi connectivity index (χ1v) is 8.27. The Morgan fingerprint density at radius 3 is 2.38 bits per heavy atom. The first-order chi connectivity index (χ1) is 12.3. The Balaban J connectivity index is 1.96. The van der Waals surface area contributed by atoms with E-state index in [4.69, 9.17) is 5.11 Å². The van der Waals surface area contributed by atoms with E-state index in [-0.39, 0.29) is 4.91 Å². The number of hydrogen-bond donors (Lipinski definition) is 1. The third-order valence-corrected chi connectivity index (χ3v) is 4.74. The molecule has 2 aromatic rings. The minimum Gasteiger partial charge on any atom is -0.480 e. The molecular weight excluding hydrogens is 367 g/mol. The van der Waals surface area contributed by atoms with Crippen molar-refractivity contribution in [3.8, 4) is 0 Å². The number of rotatable bonds is 3. The molecule has 1 heterocycles. The van der Waals surface area contributed by atoms with Crippen LogP contribution >= 0.6 is 11.8 Å². The van der Waals surface area contributed by atoms with Gasteiger partial charge in [-0.25, -0.2) is 0 Å². The first-order valence-electron chi connectivity index (χ1n) is 7.45. The van der Waals surface area contributed by atoms with Crippen molar-refractivity contribution in [2.45, 2.75) is 11.1 Å². The summed E-state index contributed by atoms with van der Waals surface area (Å²) in [5.41, 5.74) is 0.137. The maximum Gasteiger partial charge on any atom is 0.416 e. The maximum absolute atomic E-state index is 12.6. The molecule has 0 atom stereocenters. The molecule has 1 N–H and O–H groups in total. The number of nitrogens with zero attached hydrogens (tertiary/aromatic N) is 1. The van der Waals surface area contributed by atoms with E-state index in [1.165, 1.54) is 18.2 Å². The summed E-state index contributed by atoms with van der Waals surface area (Å²) in [5, 5.41) is 9.07. The zero-order valence-corrected chi connectivity index (χ0v) is 14.0. The molecule has 3 rings (SSSR count). The highest BCUT2D eigenvalue weighted by atomic mass is 32.2. The van der Waals surface area contributed by atoms with Crippen LogP contribution in [0.25, 0.3) is 6.08 Å². The summed E-state index contributed by atoms with van der Waals surface area (Å²) in [5.74, 6) is -1.66. The van der Waals surface area contributed by atoms with E-state index in [1.807, 2.05) is 0 Å². The Morgan fingerprint density at radius 2 is 1.77 bits per heavy atom. The van der Waals surface area contributed by atoms with E-state index in [2.05, 4.69) is 0 Å². The van der Waals surface area contributed by atoms with Crippen LogP contribution in [-0.2, 0) is 15.8 Å². The number of carboxylic acids is 1. The summed E-state index contributed by atoms with van der Waals surface area (Å²) in [6.07, 6.45) is -2.98. The number of aliphatic carboxylic acids is 1. The van der Waals surface area contributed by atoms with E-state index in [1.54, 1.807) is 24.3 Å². The third-order valence-electron chi connectivity index (χ3n) is 3.66. The van der Waals surface area contributed by atoms with Gasteiger partial charge in [-0.15, -0.1) is 0 Å². The van der Waals surface area contributed by atoms with Gasteiger partial charge in [0.15, 0.2) is 0 Å². The van der Waals surface area contributed by atoms with Crippen LogP contribution in [0.2, 0.25) is 0 Å². The molecule has 0 saturated carbocycles. The van der Waals surface area contributed by atoms with Crippen molar-refractivity contribution in [1.82, 2.24) is 0 Å². The molecule has 8 heteroatoms. The number of carboxylic acid groups (broad SMARTS) is 1. The van der Waals surface area contributed by atoms with Gasteiger partial charge in [-0.2, -0.15) is 13.2 Å². The average molecular weight is 379 g/mol. The predicted octanol–water partition coefficient (Wildman–Crippen LogP) is 4.27. The first kappa shape index (κ1) is 18.1. The molecule has 1 amide bonds. The van der Waals surface area contributed by atoms with Gasteiger partial charge in [0.05, 0.1) is 16.2 Å². The zero-order chi connectivity index (χ0) is 18.9. The van der Waals surface area contributed by atoms with Gasteiger partial charge in [-0.3, -0.25) is 14.5 Å². The minimum absolute atomic E-state index is 0.240. The van der Waals surface area contributed by atoms with E-state index in [9.17, 15) is 22.8 Å². The number of hydrogen-bond acceptors (Lipinski definition) is 3. The number of benzene rings is 2. The van der Waals surface area contributed by atoms with Crippen molar-refractivity contribution in [1.29, 1.82) is 0 Å². The topological polar surface area (TPSA) is 57.6 Å². The Bertz CT molecular complexity index is 891. The summed E-state index contributed by atoms with van der Waals surface area (Å²) in [7, 11) is 0. The fourth-order valence-corrected chi connectivity index (χ4v) is 3.53. The van der Waals surface area contributed by atoms with E-state index >= 15 is 0 Å². The highest BCUT2D eigenvalue weighted by Gasteiger charge is 2.31. The number of anilines is 1. The zero-order valence-electron chi connectivity index (χ0n) is 13.2. The number of alkyl halides is 3. The molecule has 0 aliphatic carbocycles. The van der Waals surface area contributed by atoms with Crippen LogP contribution in [0.15, 0.2) is 58.3 Å². The summed E-state index contributed by atoms with van der Waals surface area (Å²) >= 11 is 1.16. The fourth-order valence-electron chi connectivity index (χ4n) is 2.47. The summed E-state index contributed by atoms with van der Waals surface area (Å²) in [4.78, 5) is 25.8. The second-order valence-corrected chi connectivity index (χ2v) is 6.57. The predicted molar refractivity (Wildman–Crippen MR) is 91.7 cm³/mol. The van der Waals surface area contributed by atoms with Gasteiger partial charge in [0, 0.05) is 4.90 Å². The molecule has 4 nitrogen and oxygen atoms in total. The highest BCUT2D eigenvalue weighted by molar-refractivity contribution is 8.04. The van der Waals surface area contributed by atoms with Gasteiger partial charge in [0.25, 0.3) is 5.91 Å². The molecule has 1 aliphatic rings. The van der Waals surface area contributed by atoms with E-state index in [0.717, 1.165) is 28.8 Å². The number of thioether (sulfide) groups is 1. The smallest absolute Gasteiger partial charge is 0.416 e. The Kier molecular flexibility index (Phi) is 4.78. The molecule has 0 bridgehead atoms. The lowest BCUT2D eigenvalue weighted by Gasteiger charge is -2.29. The number of carbonyl (C=O) groups excluding carboxylic acids is 1. The molecule has 0 spiro atoms. The number of para-hydroxylation sites is 1. The van der Waals surface area contributed by atoms with Crippen LogP contribution in [0.4, 0.5) is 18.9 Å². The molecular formula is C18H12F3NO3S. The minimum atomic E-state index is -4.43. The van der Waals surface area contributed by atoms with Crippen molar-refractivity contribution in [3.63, 3.8) is 0 Å². The van der Waals surface area contributed by atoms with Crippen molar-refractivity contribution in [2.75, 3.05) is 11.4 Å². The van der Waals surface area contributed by atoms with Gasteiger partial charge < -0.3 is 5.11 Å². The molecule has 26 heavy (non-hydrogen) atoms. The van der Waals surface area contributed by atoms with Gasteiger partial charge in [-0.05, 0) is 35.9 Å². The Morgan fingerprint density at radius 1 is 1.12 bits per heavy atom. The largest absolute Gasteiger partial charge is 0.480 e. The number of halogens is 3. The van der Waals surface area contributed by atoms with Crippen LogP contribution in [0, 0.1) is 0 Å². The van der Waals surface area contributed by atoms with Crippen molar-refractivity contribution in [2.24, 2.45) is 0 Å². The summed E-state index contributed by atoms with van der Waals surface area (Å²) in [6, 6.07) is 11.3. The van der Waals surface area contributed by atoms with Crippen LogP contribution in [-0.4, -0.2) is 23.5 Å². The SMILES string of the molecule is O=C(O)CN1C(=O)/C(=C\c2ccc(C(F)(F)F)cc2)Sc2ccccc21. The van der Waals surface area contributed by atoms with E-state index < -0.39 is 30.2 Å². The monoisotopic (exact) mass is 379 g/mol. The fraction of sp³-hybridized carbons (Fsp3) is 0.111. The average Bonchev–Trinajstić information content (AvgIpc) is 2.58. The molecule has 134 valence electrons. The number of amides is 1. The highest BCUT2D eigenvalue weighted by Crippen LogP contribution is 2.42. The molecule has 0 fully saturated rings. The second kappa shape index (κ2) is 6.87. The molecule has 0 saturated heterocycles. The van der Waals surface area contributed by atoms with Gasteiger partial charge in [0.2, 0.25) is 0 Å². The van der Waals surface area contributed by atoms with Gasteiger partial charge in [-0.1, -0.05) is 36.0 Å². The third kappa shape index (κ3) is 3.75. The Labute approximate surface area is 150 Å². The van der Waals surface area contributed by atoms with Crippen molar-refractivity contribution in [3.05, 3.63) is 64.6 Å². The lowest BCUT2D eigenvalue weighted by Crippen LogP contribution is -2.38. The lowest BCUT2D eigenvalue weighted by atomic mass is 10.1. The van der Waals surface area contributed by atoms with Crippen LogP contribution in [0.1, 0.15) is 11.1 Å². The quantitative estimate of drug-likeness (QED) is 0.810. The van der Waals surface area contributed by atoms with Gasteiger partial charge in [0.1, 0.15) is 6.54 Å². The van der Waals surface area contributed by atoms with Crippen LogP contribution in [0.3, 0.4) is 0 Å². The molecule has 0 aromatic heterocycles. The number of carbonyl (C=O) groups is 2. The maximum atomic E-state index is 12.6. The van der Waals surface area contributed by atoms with E-state index in [0.29, 0.717) is 16.1 Å². The molecule has 2 aromatic carbocycles. The summed E-state index contributed by atoms with van der Waals surface area (Å²) in [6.45, 7) is -0.499. The molecule has 0 radical (unpaired) electrons. The number of fused-ring (bicyclic) bond motifs is 1.